The minimum absolute atomic E-state index is 0.178. The summed E-state index contributed by atoms with van der Waals surface area (Å²) in [7, 11) is 0. The maximum atomic E-state index is 10.2. The van der Waals surface area contributed by atoms with Gasteiger partial charge in [-0.15, -0.1) is 0 Å². The van der Waals surface area contributed by atoms with Crippen LogP contribution in [0.3, 0.4) is 0 Å². The average Bonchev–Trinajstić information content (AvgIpc) is 2.39. The lowest BCUT2D eigenvalue weighted by molar-refractivity contribution is 0.0206. The van der Waals surface area contributed by atoms with Crippen molar-refractivity contribution in [3.63, 3.8) is 0 Å². The first kappa shape index (κ1) is 11.1. The molecule has 1 aliphatic heterocycles. The van der Waals surface area contributed by atoms with Gasteiger partial charge in [0.25, 0.3) is 0 Å². The van der Waals surface area contributed by atoms with Crippen LogP contribution in [0.4, 0.5) is 0 Å². The average molecular weight is 242 g/mol. The van der Waals surface area contributed by atoms with Crippen molar-refractivity contribution < 1.29 is 14.9 Å². The quantitative estimate of drug-likeness (QED) is 0.807. The molecule has 2 aromatic rings. The van der Waals surface area contributed by atoms with Gasteiger partial charge in [0.2, 0.25) is 0 Å². The van der Waals surface area contributed by atoms with Crippen LogP contribution in [0.2, 0.25) is 0 Å². The fourth-order valence-electron chi connectivity index (χ4n) is 2.30. The highest BCUT2D eigenvalue weighted by Crippen LogP contribution is 2.36. The number of phenolic OH excluding ortho intramolecular Hbond substituents is 1. The number of benzene rings is 2. The van der Waals surface area contributed by atoms with Crippen LogP contribution in [0.15, 0.2) is 48.5 Å². The summed E-state index contributed by atoms with van der Waals surface area (Å²) in [6.45, 7) is 0. The van der Waals surface area contributed by atoms with Crippen LogP contribution in [0.5, 0.6) is 11.5 Å². The van der Waals surface area contributed by atoms with Crippen molar-refractivity contribution in [1.29, 1.82) is 0 Å². The van der Waals surface area contributed by atoms with E-state index in [2.05, 4.69) is 0 Å². The third-order valence-corrected chi connectivity index (χ3v) is 3.21. The molecule has 0 saturated heterocycles. The molecule has 0 bridgehead atoms. The summed E-state index contributed by atoms with van der Waals surface area (Å²) in [6.07, 6.45) is -0.403. The summed E-state index contributed by atoms with van der Waals surface area (Å²) in [5.74, 6) is 0.825. The van der Waals surface area contributed by atoms with Gasteiger partial charge in [0, 0.05) is 12.5 Å². The zero-order valence-corrected chi connectivity index (χ0v) is 9.78. The van der Waals surface area contributed by atoms with E-state index in [1.165, 1.54) is 0 Å². The standard InChI is InChI=1S/C15H14O3/c16-12-7-6-11-8-13(17)15(18-14(11)9-12)10-4-2-1-3-5-10/h1-7,9,13,15-17H,8H2/t13-,15-/m1/s1. The van der Waals surface area contributed by atoms with Crippen molar-refractivity contribution in [2.75, 3.05) is 0 Å². The summed E-state index contributed by atoms with van der Waals surface area (Å²) in [5.41, 5.74) is 1.87. The van der Waals surface area contributed by atoms with Gasteiger partial charge < -0.3 is 14.9 Å². The smallest absolute Gasteiger partial charge is 0.150 e. The first-order valence-electron chi connectivity index (χ1n) is 5.95. The first-order valence-corrected chi connectivity index (χ1v) is 5.95. The first-order chi connectivity index (χ1) is 8.74. The van der Waals surface area contributed by atoms with Crippen molar-refractivity contribution in [2.24, 2.45) is 0 Å². The predicted octanol–water partition coefficient (Wildman–Crippen LogP) is 2.43. The van der Waals surface area contributed by atoms with Crippen molar-refractivity contribution in [2.45, 2.75) is 18.6 Å². The summed E-state index contributed by atoms with van der Waals surface area (Å²) < 4.78 is 5.80. The number of rotatable bonds is 1. The lowest BCUT2D eigenvalue weighted by atomic mass is 9.95. The monoisotopic (exact) mass is 242 g/mol. The molecule has 0 spiro atoms. The lowest BCUT2D eigenvalue weighted by Crippen LogP contribution is -2.30. The number of phenols is 1. The van der Waals surface area contributed by atoms with Crippen LogP contribution in [0.25, 0.3) is 0 Å². The zero-order chi connectivity index (χ0) is 12.5. The molecule has 3 heteroatoms. The van der Waals surface area contributed by atoms with Crippen molar-refractivity contribution in [3.05, 3.63) is 59.7 Å². The highest BCUT2D eigenvalue weighted by Gasteiger charge is 2.29. The second kappa shape index (κ2) is 4.35. The van der Waals surface area contributed by atoms with Gasteiger partial charge in [-0.2, -0.15) is 0 Å². The lowest BCUT2D eigenvalue weighted by Gasteiger charge is -2.30. The molecule has 18 heavy (non-hydrogen) atoms. The van der Waals surface area contributed by atoms with Crippen LogP contribution >= 0.6 is 0 Å². The molecule has 92 valence electrons. The minimum Gasteiger partial charge on any atom is -0.508 e. The van der Waals surface area contributed by atoms with Gasteiger partial charge >= 0.3 is 0 Å². The molecule has 0 unspecified atom stereocenters. The van der Waals surface area contributed by atoms with Gasteiger partial charge in [-0.25, -0.2) is 0 Å². The summed E-state index contributed by atoms with van der Waals surface area (Å²) >= 11 is 0. The normalized spacial score (nSPS) is 22.1. The van der Waals surface area contributed by atoms with Crippen LogP contribution in [-0.4, -0.2) is 16.3 Å². The minimum atomic E-state index is -0.565. The number of fused-ring (bicyclic) bond motifs is 1. The molecule has 0 aromatic heterocycles. The molecule has 2 atom stereocenters. The Kier molecular flexibility index (Phi) is 2.68. The van der Waals surface area contributed by atoms with E-state index in [0.29, 0.717) is 12.2 Å². The third-order valence-electron chi connectivity index (χ3n) is 3.21. The number of hydrogen-bond acceptors (Lipinski definition) is 3. The molecule has 0 radical (unpaired) electrons. The Morgan fingerprint density at radius 3 is 2.61 bits per heavy atom. The third kappa shape index (κ3) is 1.93. The summed E-state index contributed by atoms with van der Waals surface area (Å²) in [6, 6.07) is 14.6. The van der Waals surface area contributed by atoms with E-state index in [9.17, 15) is 10.2 Å². The number of aromatic hydroxyl groups is 1. The Labute approximate surface area is 105 Å². The van der Waals surface area contributed by atoms with Crippen LogP contribution in [-0.2, 0) is 6.42 Å². The molecule has 2 aromatic carbocycles. The molecule has 0 saturated carbocycles. The van der Waals surface area contributed by atoms with Gasteiger partial charge in [-0.1, -0.05) is 36.4 Å². The maximum absolute atomic E-state index is 10.2. The second-order valence-corrected chi connectivity index (χ2v) is 4.51. The van der Waals surface area contributed by atoms with E-state index in [1.807, 2.05) is 30.3 Å². The maximum Gasteiger partial charge on any atom is 0.150 e. The Hall–Kier alpha value is -2.00. The molecule has 0 fully saturated rings. The summed E-state index contributed by atoms with van der Waals surface area (Å²) in [4.78, 5) is 0. The van der Waals surface area contributed by atoms with Crippen LogP contribution in [0.1, 0.15) is 17.2 Å². The van der Waals surface area contributed by atoms with E-state index in [0.717, 1.165) is 11.1 Å². The Morgan fingerprint density at radius 1 is 1.06 bits per heavy atom. The van der Waals surface area contributed by atoms with Gasteiger partial charge in [-0.3, -0.25) is 0 Å². The molecule has 1 aliphatic rings. The van der Waals surface area contributed by atoms with E-state index < -0.39 is 6.10 Å². The molecule has 2 N–H and O–H groups in total. The zero-order valence-electron chi connectivity index (χ0n) is 9.78. The van der Waals surface area contributed by atoms with E-state index in [-0.39, 0.29) is 11.9 Å². The van der Waals surface area contributed by atoms with Gasteiger partial charge in [0.15, 0.2) is 0 Å². The van der Waals surface area contributed by atoms with Crippen molar-refractivity contribution in [3.8, 4) is 11.5 Å². The SMILES string of the molecule is Oc1ccc2c(c1)O[C@H](c1ccccc1)[C@H](O)C2. The van der Waals surface area contributed by atoms with Gasteiger partial charge in [0.1, 0.15) is 17.6 Å². The topological polar surface area (TPSA) is 49.7 Å². The predicted molar refractivity (Wildman–Crippen MR) is 67.6 cm³/mol. The largest absolute Gasteiger partial charge is 0.508 e. The fraction of sp³-hybridized carbons (Fsp3) is 0.200. The van der Waals surface area contributed by atoms with E-state index in [4.69, 9.17) is 4.74 Å². The molecule has 0 amide bonds. The Balaban J connectivity index is 1.96. The highest BCUT2D eigenvalue weighted by molar-refractivity contribution is 5.43. The summed E-state index contributed by atoms with van der Waals surface area (Å²) in [5, 5.41) is 19.6. The highest BCUT2D eigenvalue weighted by atomic mass is 16.5. The number of ether oxygens (including phenoxy) is 1. The van der Waals surface area contributed by atoms with Crippen LogP contribution < -0.4 is 4.74 Å². The number of aliphatic hydroxyl groups excluding tert-OH is 1. The Bertz CT molecular complexity index is 551. The molecule has 3 nitrogen and oxygen atoms in total. The van der Waals surface area contributed by atoms with Gasteiger partial charge in [-0.05, 0) is 17.2 Å². The Morgan fingerprint density at radius 2 is 1.83 bits per heavy atom. The van der Waals surface area contributed by atoms with Crippen molar-refractivity contribution in [1.82, 2.24) is 0 Å². The fourth-order valence-corrected chi connectivity index (χ4v) is 2.30. The molecule has 3 rings (SSSR count). The van der Waals surface area contributed by atoms with Crippen LogP contribution in [0, 0.1) is 0 Å². The molecule has 0 aliphatic carbocycles. The van der Waals surface area contributed by atoms with Crippen molar-refractivity contribution >= 4 is 0 Å². The second-order valence-electron chi connectivity index (χ2n) is 4.51. The molecular weight excluding hydrogens is 228 g/mol. The molecule has 1 heterocycles. The van der Waals surface area contributed by atoms with E-state index in [1.54, 1.807) is 18.2 Å². The number of aliphatic hydroxyl groups is 1. The number of hydrogen-bond donors (Lipinski definition) is 2. The molecular formula is C15H14O3. The van der Waals surface area contributed by atoms with Gasteiger partial charge in [0.05, 0.1) is 6.10 Å². The van der Waals surface area contributed by atoms with E-state index >= 15 is 0 Å².